The summed E-state index contributed by atoms with van der Waals surface area (Å²) in [5.41, 5.74) is 10.6. The molecule has 30 heavy (non-hydrogen) atoms. The van der Waals surface area contributed by atoms with Gasteiger partial charge in [0.2, 0.25) is 0 Å². The Morgan fingerprint density at radius 1 is 1.10 bits per heavy atom. The number of nitrogens with one attached hydrogen (secondary N) is 1. The normalized spacial score (nSPS) is 10.7. The standard InChI is InChI=1S/C21H23N3O5S/c1-3-29-21(26)19(23-22)10-6-8-16-7-4-5-9-18(16)20(25)24-30(27,28)17-13-11-15(2)12-14-17/h4-5,7,9,11-14H,3,6,8,10H2,1-2H3,(H,24,25). The molecule has 8 nitrogen and oxygen atoms in total. The van der Waals surface area contributed by atoms with Crippen molar-refractivity contribution in [2.24, 2.45) is 0 Å². The molecule has 0 bridgehead atoms. The first-order chi connectivity index (χ1) is 14.3. The van der Waals surface area contributed by atoms with Gasteiger partial charge < -0.3 is 10.3 Å². The van der Waals surface area contributed by atoms with Gasteiger partial charge in [0.15, 0.2) is 0 Å². The van der Waals surface area contributed by atoms with Crippen molar-refractivity contribution in [2.45, 2.75) is 38.0 Å². The molecular weight excluding hydrogens is 406 g/mol. The summed E-state index contributed by atoms with van der Waals surface area (Å²) in [5.74, 6) is -1.44. The average molecular weight is 429 g/mol. The van der Waals surface area contributed by atoms with Crippen molar-refractivity contribution < 1.29 is 27.5 Å². The number of esters is 1. The van der Waals surface area contributed by atoms with E-state index >= 15 is 0 Å². The first-order valence-corrected chi connectivity index (χ1v) is 10.9. The lowest BCUT2D eigenvalue weighted by molar-refractivity contribution is -0.140. The largest absolute Gasteiger partial charge is 0.457 e. The number of hydrogen-bond donors (Lipinski definition) is 1. The second-order valence-corrected chi connectivity index (χ2v) is 8.21. The zero-order chi connectivity index (χ0) is 22.1. The predicted octanol–water partition coefficient (Wildman–Crippen LogP) is 2.67. The molecule has 0 aliphatic rings. The third-order valence-corrected chi connectivity index (χ3v) is 5.66. The first-order valence-electron chi connectivity index (χ1n) is 9.38. The second kappa shape index (κ2) is 10.5. The molecule has 2 aromatic rings. The maximum atomic E-state index is 12.6. The van der Waals surface area contributed by atoms with Gasteiger partial charge in [-0.1, -0.05) is 35.9 Å². The molecule has 0 aliphatic heterocycles. The zero-order valence-corrected chi connectivity index (χ0v) is 17.6. The van der Waals surface area contributed by atoms with E-state index in [1.165, 1.54) is 18.2 Å². The molecule has 1 amide bonds. The van der Waals surface area contributed by atoms with Gasteiger partial charge >= 0.3 is 11.7 Å². The summed E-state index contributed by atoms with van der Waals surface area (Å²) in [5, 5.41) is 0. The molecule has 2 aromatic carbocycles. The quantitative estimate of drug-likeness (QED) is 0.284. The van der Waals surface area contributed by atoms with E-state index < -0.39 is 21.9 Å². The van der Waals surface area contributed by atoms with E-state index in [2.05, 4.69) is 9.51 Å². The minimum atomic E-state index is -4.01. The van der Waals surface area contributed by atoms with Gasteiger partial charge in [0.1, 0.15) is 0 Å². The fourth-order valence-electron chi connectivity index (χ4n) is 2.77. The Morgan fingerprint density at radius 3 is 2.40 bits per heavy atom. The molecule has 2 rings (SSSR count). The average Bonchev–Trinajstić information content (AvgIpc) is 2.71. The summed E-state index contributed by atoms with van der Waals surface area (Å²) >= 11 is 0. The van der Waals surface area contributed by atoms with Crippen LogP contribution in [0.1, 0.15) is 41.3 Å². The van der Waals surface area contributed by atoms with E-state index in [1.807, 2.05) is 6.92 Å². The van der Waals surface area contributed by atoms with E-state index in [0.29, 0.717) is 18.4 Å². The molecule has 0 saturated carbocycles. The van der Waals surface area contributed by atoms with E-state index in [9.17, 15) is 18.0 Å². The van der Waals surface area contributed by atoms with Crippen LogP contribution in [0.25, 0.3) is 5.53 Å². The number of benzene rings is 2. The van der Waals surface area contributed by atoms with Gasteiger partial charge in [-0.2, -0.15) is 4.79 Å². The lowest BCUT2D eigenvalue weighted by Gasteiger charge is -2.11. The van der Waals surface area contributed by atoms with Crippen LogP contribution in [0.2, 0.25) is 0 Å². The van der Waals surface area contributed by atoms with Crippen molar-refractivity contribution in [3.63, 3.8) is 0 Å². The molecule has 0 aliphatic carbocycles. The third kappa shape index (κ3) is 6.10. The third-order valence-electron chi connectivity index (χ3n) is 4.31. The Kier molecular flexibility index (Phi) is 8.03. The summed E-state index contributed by atoms with van der Waals surface area (Å²) in [6, 6.07) is 12.8. The van der Waals surface area contributed by atoms with Crippen molar-refractivity contribution in [1.29, 1.82) is 0 Å². The van der Waals surface area contributed by atoms with Crippen molar-refractivity contribution in [3.8, 4) is 0 Å². The van der Waals surface area contributed by atoms with Crippen molar-refractivity contribution in [3.05, 3.63) is 70.8 Å². The SMILES string of the molecule is CCOC(=O)C(CCCc1ccccc1C(=O)NS(=O)(=O)c1ccc(C)cc1)=[N+]=[N-]. The fourth-order valence-corrected chi connectivity index (χ4v) is 3.73. The molecule has 9 heteroatoms. The Morgan fingerprint density at radius 2 is 1.77 bits per heavy atom. The van der Waals surface area contributed by atoms with E-state index in [1.54, 1.807) is 37.3 Å². The van der Waals surface area contributed by atoms with Crippen LogP contribution in [0.3, 0.4) is 0 Å². The summed E-state index contributed by atoms with van der Waals surface area (Å²) in [7, 11) is -4.01. The van der Waals surface area contributed by atoms with Gasteiger partial charge in [0.25, 0.3) is 15.9 Å². The maximum absolute atomic E-state index is 12.6. The Bertz CT molecular complexity index is 1070. The van der Waals surface area contributed by atoms with Crippen LogP contribution < -0.4 is 4.72 Å². The van der Waals surface area contributed by atoms with E-state index in [0.717, 1.165) is 5.56 Å². The van der Waals surface area contributed by atoms with Gasteiger partial charge in [0.05, 0.1) is 17.9 Å². The lowest BCUT2D eigenvalue weighted by Crippen LogP contribution is -2.31. The number of ether oxygens (including phenoxy) is 1. The number of sulfonamides is 1. The Hall–Kier alpha value is -3.29. The van der Waals surface area contributed by atoms with Gasteiger partial charge in [0, 0.05) is 5.56 Å². The molecule has 0 heterocycles. The Labute approximate surface area is 175 Å². The monoisotopic (exact) mass is 429 g/mol. The predicted molar refractivity (Wildman–Crippen MR) is 110 cm³/mol. The van der Waals surface area contributed by atoms with Gasteiger partial charge in [-0.3, -0.25) is 4.79 Å². The van der Waals surface area contributed by atoms with Crippen LogP contribution in [0, 0.1) is 6.92 Å². The van der Waals surface area contributed by atoms with Gasteiger partial charge in [-0.05, 0) is 50.5 Å². The Balaban J connectivity index is 2.10. The number of carbonyl (C=O) groups excluding carboxylic acids is 2. The topological polar surface area (TPSA) is 126 Å². The van der Waals surface area contributed by atoms with Gasteiger partial charge in [-0.15, -0.1) is 0 Å². The molecule has 0 radical (unpaired) electrons. The smallest absolute Gasteiger partial charge is 0.416 e. The van der Waals surface area contributed by atoms with Crippen molar-refractivity contribution in [2.75, 3.05) is 6.61 Å². The van der Waals surface area contributed by atoms with Crippen LogP contribution >= 0.6 is 0 Å². The highest BCUT2D eigenvalue weighted by Gasteiger charge is 2.23. The fraction of sp³-hybridized carbons (Fsp3) is 0.286. The number of aryl methyl sites for hydroxylation is 2. The van der Waals surface area contributed by atoms with Crippen molar-refractivity contribution in [1.82, 2.24) is 4.72 Å². The van der Waals surface area contributed by atoms with Crippen LogP contribution in [-0.2, 0) is 26.0 Å². The maximum Gasteiger partial charge on any atom is 0.416 e. The number of carbonyl (C=O) groups is 2. The molecule has 158 valence electrons. The summed E-state index contributed by atoms with van der Waals surface area (Å²) in [4.78, 5) is 27.3. The molecule has 0 fully saturated rings. The molecule has 0 unspecified atom stereocenters. The summed E-state index contributed by atoms with van der Waals surface area (Å²) in [6.45, 7) is 3.64. The van der Waals surface area contributed by atoms with Crippen LogP contribution in [-0.4, -0.2) is 37.4 Å². The summed E-state index contributed by atoms with van der Waals surface area (Å²) < 4.78 is 31.9. The number of amides is 1. The lowest BCUT2D eigenvalue weighted by atomic mass is 10.0. The number of hydrogen-bond acceptors (Lipinski definition) is 5. The molecule has 0 spiro atoms. The highest BCUT2D eigenvalue weighted by molar-refractivity contribution is 7.90. The highest BCUT2D eigenvalue weighted by atomic mass is 32.2. The van der Waals surface area contributed by atoms with E-state index in [-0.39, 0.29) is 29.2 Å². The van der Waals surface area contributed by atoms with Crippen LogP contribution in [0.4, 0.5) is 0 Å². The number of rotatable bonds is 9. The minimum Gasteiger partial charge on any atom is -0.457 e. The molecule has 0 atom stereocenters. The van der Waals surface area contributed by atoms with Gasteiger partial charge in [-0.25, -0.2) is 17.9 Å². The van der Waals surface area contributed by atoms with E-state index in [4.69, 9.17) is 10.3 Å². The molecular formula is C21H23N3O5S. The zero-order valence-electron chi connectivity index (χ0n) is 16.8. The number of nitrogens with zero attached hydrogens (tertiary/aromatic N) is 2. The first kappa shape index (κ1) is 23.0. The second-order valence-electron chi connectivity index (χ2n) is 6.53. The van der Waals surface area contributed by atoms with Crippen LogP contribution in [0.5, 0.6) is 0 Å². The highest BCUT2D eigenvalue weighted by Crippen LogP contribution is 2.15. The van der Waals surface area contributed by atoms with Crippen molar-refractivity contribution >= 4 is 27.6 Å². The summed E-state index contributed by atoms with van der Waals surface area (Å²) in [6.07, 6.45) is 0.909. The minimum absolute atomic E-state index is 0.00262. The molecule has 0 aromatic heterocycles. The molecule has 0 saturated heterocycles. The molecule has 1 N–H and O–H groups in total. The van der Waals surface area contributed by atoms with Crippen LogP contribution in [0.15, 0.2) is 53.4 Å².